The Hall–Kier alpha value is -2.24. The molecule has 0 saturated heterocycles. The van der Waals surface area contributed by atoms with E-state index in [1.807, 2.05) is 6.92 Å². The summed E-state index contributed by atoms with van der Waals surface area (Å²) in [5.74, 6) is 0.760. The molecule has 2 amide bonds. The van der Waals surface area contributed by atoms with Gasteiger partial charge in [-0.25, -0.2) is 0 Å². The van der Waals surface area contributed by atoms with Crippen LogP contribution in [0.15, 0.2) is 18.2 Å². The van der Waals surface area contributed by atoms with Crippen molar-refractivity contribution in [3.05, 3.63) is 23.8 Å². The third kappa shape index (κ3) is 4.98. The highest BCUT2D eigenvalue weighted by Crippen LogP contribution is 2.27. The van der Waals surface area contributed by atoms with E-state index in [0.717, 1.165) is 5.56 Å². The number of rotatable bonds is 7. The lowest BCUT2D eigenvalue weighted by atomic mass is 10.1. The molecule has 21 heavy (non-hydrogen) atoms. The largest absolute Gasteiger partial charge is 0.493 e. The quantitative estimate of drug-likeness (QED) is 0.783. The lowest BCUT2D eigenvalue weighted by Crippen LogP contribution is -2.45. The van der Waals surface area contributed by atoms with Crippen molar-refractivity contribution in [1.29, 1.82) is 0 Å². The van der Waals surface area contributed by atoms with Gasteiger partial charge < -0.3 is 20.1 Å². The predicted molar refractivity (Wildman–Crippen MR) is 79.5 cm³/mol. The van der Waals surface area contributed by atoms with Crippen LogP contribution >= 0.6 is 0 Å². The topological polar surface area (TPSA) is 76.7 Å². The first-order valence-electron chi connectivity index (χ1n) is 6.79. The Morgan fingerprint density at radius 1 is 1.19 bits per heavy atom. The Bertz CT molecular complexity index is 502. The summed E-state index contributed by atoms with van der Waals surface area (Å²) in [7, 11) is 3.09. The highest BCUT2D eigenvalue weighted by molar-refractivity contribution is 5.88. The van der Waals surface area contributed by atoms with Gasteiger partial charge in [0, 0.05) is 6.54 Å². The molecule has 1 atom stereocenters. The molecule has 6 nitrogen and oxygen atoms in total. The first-order chi connectivity index (χ1) is 10.0. The Balaban J connectivity index is 2.64. The Labute approximate surface area is 124 Å². The van der Waals surface area contributed by atoms with Crippen molar-refractivity contribution in [1.82, 2.24) is 10.6 Å². The van der Waals surface area contributed by atoms with Crippen LogP contribution in [0.3, 0.4) is 0 Å². The van der Waals surface area contributed by atoms with Crippen LogP contribution in [0, 0.1) is 0 Å². The lowest BCUT2D eigenvalue weighted by molar-refractivity contribution is -0.128. The van der Waals surface area contributed by atoms with Crippen LogP contribution in [-0.2, 0) is 16.0 Å². The van der Waals surface area contributed by atoms with Crippen LogP contribution in [0.4, 0.5) is 0 Å². The van der Waals surface area contributed by atoms with E-state index < -0.39 is 6.04 Å². The van der Waals surface area contributed by atoms with E-state index >= 15 is 0 Å². The van der Waals surface area contributed by atoms with Gasteiger partial charge in [0.25, 0.3) is 0 Å². The number of carbonyl (C=O) groups is 2. The van der Waals surface area contributed by atoms with Crippen LogP contribution in [0.2, 0.25) is 0 Å². The fourth-order valence-corrected chi connectivity index (χ4v) is 1.86. The van der Waals surface area contributed by atoms with Crippen molar-refractivity contribution in [3.63, 3.8) is 0 Å². The number of benzene rings is 1. The average Bonchev–Trinajstić information content (AvgIpc) is 2.47. The zero-order valence-electron chi connectivity index (χ0n) is 12.9. The fourth-order valence-electron chi connectivity index (χ4n) is 1.86. The molecule has 0 unspecified atom stereocenters. The molecule has 1 aromatic rings. The molecular formula is C15H22N2O4. The number of nitrogens with one attached hydrogen (secondary N) is 2. The van der Waals surface area contributed by atoms with Crippen molar-refractivity contribution in [3.8, 4) is 11.5 Å². The van der Waals surface area contributed by atoms with Gasteiger partial charge in [0.15, 0.2) is 11.5 Å². The summed E-state index contributed by atoms with van der Waals surface area (Å²) in [5, 5.41) is 5.31. The van der Waals surface area contributed by atoms with Crippen molar-refractivity contribution < 1.29 is 19.1 Å². The number of methoxy groups -OCH3 is 2. The van der Waals surface area contributed by atoms with Gasteiger partial charge in [-0.3, -0.25) is 9.59 Å². The van der Waals surface area contributed by atoms with E-state index in [4.69, 9.17) is 9.47 Å². The zero-order valence-corrected chi connectivity index (χ0v) is 12.9. The first kappa shape index (κ1) is 16.8. The molecule has 0 aliphatic heterocycles. The van der Waals surface area contributed by atoms with Crippen LogP contribution in [0.5, 0.6) is 11.5 Å². The molecule has 0 aromatic heterocycles. The highest BCUT2D eigenvalue weighted by atomic mass is 16.5. The minimum Gasteiger partial charge on any atom is -0.493 e. The SMILES string of the molecule is CCNC(=O)[C@@H](C)NC(=O)Cc1ccc(OC)c(OC)c1. The summed E-state index contributed by atoms with van der Waals surface area (Å²) in [4.78, 5) is 23.5. The first-order valence-corrected chi connectivity index (χ1v) is 6.79. The van der Waals surface area contributed by atoms with E-state index in [0.29, 0.717) is 18.0 Å². The summed E-state index contributed by atoms with van der Waals surface area (Å²) in [5.41, 5.74) is 0.785. The third-order valence-corrected chi connectivity index (χ3v) is 2.93. The lowest BCUT2D eigenvalue weighted by Gasteiger charge is -2.14. The summed E-state index contributed by atoms with van der Waals surface area (Å²) >= 11 is 0. The van der Waals surface area contributed by atoms with Gasteiger partial charge in [-0.05, 0) is 31.5 Å². The van der Waals surface area contributed by atoms with E-state index in [1.165, 1.54) is 0 Å². The maximum atomic E-state index is 11.9. The Kier molecular flexibility index (Phi) is 6.52. The average molecular weight is 294 g/mol. The number of hydrogen-bond donors (Lipinski definition) is 2. The number of amides is 2. The second-order valence-corrected chi connectivity index (χ2v) is 4.55. The van der Waals surface area contributed by atoms with Gasteiger partial charge in [0.1, 0.15) is 6.04 Å². The monoisotopic (exact) mass is 294 g/mol. The van der Waals surface area contributed by atoms with Crippen molar-refractivity contribution in [2.24, 2.45) is 0 Å². The number of ether oxygens (including phenoxy) is 2. The van der Waals surface area contributed by atoms with Gasteiger partial charge in [-0.1, -0.05) is 6.07 Å². The van der Waals surface area contributed by atoms with Crippen LogP contribution < -0.4 is 20.1 Å². The van der Waals surface area contributed by atoms with E-state index in [9.17, 15) is 9.59 Å². The molecule has 0 fully saturated rings. The molecule has 0 saturated carbocycles. The molecule has 6 heteroatoms. The summed E-state index contributed by atoms with van der Waals surface area (Å²) in [6.45, 7) is 4.02. The Morgan fingerprint density at radius 3 is 2.43 bits per heavy atom. The number of likely N-dealkylation sites (N-methyl/N-ethyl adjacent to an activating group) is 1. The predicted octanol–water partition coefficient (Wildman–Crippen LogP) is 0.887. The second-order valence-electron chi connectivity index (χ2n) is 4.55. The van der Waals surface area contributed by atoms with Gasteiger partial charge in [-0.15, -0.1) is 0 Å². The molecule has 0 radical (unpaired) electrons. The maximum Gasteiger partial charge on any atom is 0.242 e. The maximum absolute atomic E-state index is 11.9. The molecule has 1 aromatic carbocycles. The minimum atomic E-state index is -0.558. The van der Waals surface area contributed by atoms with E-state index in [1.54, 1.807) is 39.3 Å². The molecule has 116 valence electrons. The highest BCUT2D eigenvalue weighted by Gasteiger charge is 2.15. The van der Waals surface area contributed by atoms with E-state index in [-0.39, 0.29) is 18.2 Å². The van der Waals surface area contributed by atoms with Crippen molar-refractivity contribution in [2.45, 2.75) is 26.3 Å². The van der Waals surface area contributed by atoms with Gasteiger partial charge >= 0.3 is 0 Å². The molecule has 0 bridgehead atoms. The van der Waals surface area contributed by atoms with Crippen molar-refractivity contribution in [2.75, 3.05) is 20.8 Å². The molecule has 2 N–H and O–H groups in total. The molecule has 0 heterocycles. The fraction of sp³-hybridized carbons (Fsp3) is 0.467. The second kappa shape index (κ2) is 8.14. The van der Waals surface area contributed by atoms with Crippen LogP contribution in [-0.4, -0.2) is 38.6 Å². The number of hydrogen-bond acceptors (Lipinski definition) is 4. The Morgan fingerprint density at radius 2 is 1.86 bits per heavy atom. The van der Waals surface area contributed by atoms with Crippen molar-refractivity contribution >= 4 is 11.8 Å². The molecule has 0 spiro atoms. The van der Waals surface area contributed by atoms with Gasteiger partial charge in [0.2, 0.25) is 11.8 Å². The summed E-state index contributed by atoms with van der Waals surface area (Å²) in [6.07, 6.45) is 0.171. The smallest absolute Gasteiger partial charge is 0.242 e. The standard InChI is InChI=1S/C15H22N2O4/c1-5-16-15(19)10(2)17-14(18)9-11-6-7-12(20-3)13(8-11)21-4/h6-8,10H,5,9H2,1-4H3,(H,16,19)(H,17,18)/t10-/m1/s1. The summed E-state index contributed by atoms with van der Waals surface area (Å²) in [6, 6.07) is 4.72. The molecule has 1 rings (SSSR count). The number of carbonyl (C=O) groups excluding carboxylic acids is 2. The van der Waals surface area contributed by atoms with Crippen LogP contribution in [0.25, 0.3) is 0 Å². The van der Waals surface area contributed by atoms with Gasteiger partial charge in [0.05, 0.1) is 20.6 Å². The summed E-state index contributed by atoms with van der Waals surface area (Å²) < 4.78 is 10.3. The molecular weight excluding hydrogens is 272 g/mol. The van der Waals surface area contributed by atoms with E-state index in [2.05, 4.69) is 10.6 Å². The molecule has 0 aliphatic rings. The van der Waals surface area contributed by atoms with Crippen LogP contribution in [0.1, 0.15) is 19.4 Å². The van der Waals surface area contributed by atoms with Gasteiger partial charge in [-0.2, -0.15) is 0 Å². The molecule has 0 aliphatic carbocycles. The third-order valence-electron chi connectivity index (χ3n) is 2.93. The normalized spacial score (nSPS) is 11.4. The zero-order chi connectivity index (χ0) is 15.8. The minimum absolute atomic E-state index is 0.171.